The number of hydrogen-bond acceptors (Lipinski definition) is 2. The lowest BCUT2D eigenvalue weighted by atomic mass is 9.78. The zero-order valence-electron chi connectivity index (χ0n) is 11.6. The van der Waals surface area contributed by atoms with Crippen LogP contribution in [0.15, 0.2) is 11.1 Å². The van der Waals surface area contributed by atoms with E-state index in [0.29, 0.717) is 17.4 Å². The van der Waals surface area contributed by atoms with E-state index in [4.69, 9.17) is 5.11 Å². The molecule has 0 aromatic carbocycles. The molecule has 0 saturated heterocycles. The predicted molar refractivity (Wildman–Crippen MR) is 70.1 cm³/mol. The number of aliphatic carboxylic acids is 1. The number of carboxylic acid groups (broad SMARTS) is 1. The molecule has 0 aliphatic heterocycles. The molecular weight excluding hydrogens is 230 g/mol. The van der Waals surface area contributed by atoms with Crippen LogP contribution in [0.3, 0.4) is 0 Å². The highest BCUT2D eigenvalue weighted by Crippen LogP contribution is 2.29. The van der Waals surface area contributed by atoms with Gasteiger partial charge in [0, 0.05) is 17.2 Å². The van der Waals surface area contributed by atoms with Gasteiger partial charge in [0.1, 0.15) is 0 Å². The van der Waals surface area contributed by atoms with Gasteiger partial charge < -0.3 is 10.4 Å². The third-order valence-electron chi connectivity index (χ3n) is 4.25. The molecule has 0 heterocycles. The van der Waals surface area contributed by atoms with E-state index in [9.17, 15) is 9.59 Å². The first kappa shape index (κ1) is 14.7. The SMILES string of the molecule is CC(C(=O)O)=C(C)C(=O)NC1CCCC(C)C1C. The highest BCUT2D eigenvalue weighted by molar-refractivity contribution is 6.01. The molecule has 1 rings (SSSR count). The lowest BCUT2D eigenvalue weighted by Crippen LogP contribution is -2.44. The van der Waals surface area contributed by atoms with E-state index in [1.54, 1.807) is 6.92 Å². The topological polar surface area (TPSA) is 66.4 Å². The summed E-state index contributed by atoms with van der Waals surface area (Å²) in [7, 11) is 0. The zero-order valence-corrected chi connectivity index (χ0v) is 11.6. The second-order valence-corrected chi connectivity index (χ2v) is 5.40. The van der Waals surface area contributed by atoms with E-state index < -0.39 is 5.97 Å². The van der Waals surface area contributed by atoms with Crippen LogP contribution in [0.1, 0.15) is 47.0 Å². The molecule has 3 atom stereocenters. The van der Waals surface area contributed by atoms with E-state index in [-0.39, 0.29) is 17.5 Å². The first-order chi connectivity index (χ1) is 8.34. The largest absolute Gasteiger partial charge is 0.478 e. The Bertz CT molecular complexity index is 373. The Morgan fingerprint density at radius 3 is 2.28 bits per heavy atom. The Morgan fingerprint density at radius 1 is 1.11 bits per heavy atom. The lowest BCUT2D eigenvalue weighted by molar-refractivity contribution is -0.133. The van der Waals surface area contributed by atoms with Crippen molar-refractivity contribution in [1.82, 2.24) is 5.32 Å². The Morgan fingerprint density at radius 2 is 1.72 bits per heavy atom. The number of rotatable bonds is 3. The molecule has 1 fully saturated rings. The molecule has 1 aliphatic rings. The van der Waals surface area contributed by atoms with Crippen LogP contribution in [0.25, 0.3) is 0 Å². The maximum absolute atomic E-state index is 12.0. The van der Waals surface area contributed by atoms with Crippen LogP contribution in [0.2, 0.25) is 0 Å². The van der Waals surface area contributed by atoms with Crippen LogP contribution in [0.5, 0.6) is 0 Å². The van der Waals surface area contributed by atoms with Gasteiger partial charge in [-0.25, -0.2) is 4.79 Å². The summed E-state index contributed by atoms with van der Waals surface area (Å²) in [4.78, 5) is 22.8. The smallest absolute Gasteiger partial charge is 0.331 e. The summed E-state index contributed by atoms with van der Waals surface area (Å²) >= 11 is 0. The molecule has 0 aromatic rings. The van der Waals surface area contributed by atoms with Crippen molar-refractivity contribution in [3.05, 3.63) is 11.1 Å². The van der Waals surface area contributed by atoms with Crippen LogP contribution >= 0.6 is 0 Å². The van der Waals surface area contributed by atoms with Crippen LogP contribution < -0.4 is 5.32 Å². The third-order valence-corrected chi connectivity index (χ3v) is 4.25. The number of hydrogen-bond donors (Lipinski definition) is 2. The first-order valence-corrected chi connectivity index (χ1v) is 6.56. The van der Waals surface area contributed by atoms with Crippen molar-refractivity contribution in [3.8, 4) is 0 Å². The highest BCUT2D eigenvalue weighted by Gasteiger charge is 2.28. The van der Waals surface area contributed by atoms with Gasteiger partial charge in [-0.2, -0.15) is 0 Å². The summed E-state index contributed by atoms with van der Waals surface area (Å²) < 4.78 is 0. The number of carbonyl (C=O) groups excluding carboxylic acids is 1. The molecule has 1 amide bonds. The summed E-state index contributed by atoms with van der Waals surface area (Å²) in [6.07, 6.45) is 3.31. The third kappa shape index (κ3) is 3.34. The minimum atomic E-state index is -1.03. The summed E-state index contributed by atoms with van der Waals surface area (Å²) in [5, 5.41) is 11.8. The van der Waals surface area contributed by atoms with E-state index in [1.807, 2.05) is 0 Å². The fourth-order valence-electron chi connectivity index (χ4n) is 2.39. The van der Waals surface area contributed by atoms with E-state index in [1.165, 1.54) is 13.3 Å². The first-order valence-electron chi connectivity index (χ1n) is 6.56. The van der Waals surface area contributed by atoms with Gasteiger partial charge in [-0.05, 0) is 32.1 Å². The molecule has 0 bridgehead atoms. The molecule has 2 N–H and O–H groups in total. The van der Waals surface area contributed by atoms with Crippen molar-refractivity contribution in [1.29, 1.82) is 0 Å². The number of nitrogens with one attached hydrogen (secondary N) is 1. The van der Waals surface area contributed by atoms with Crippen molar-refractivity contribution in [3.63, 3.8) is 0 Å². The Labute approximate surface area is 108 Å². The van der Waals surface area contributed by atoms with Crippen LogP contribution in [-0.2, 0) is 9.59 Å². The molecular formula is C14H23NO3. The predicted octanol–water partition coefficient (Wildman–Crippen LogP) is 2.35. The highest BCUT2D eigenvalue weighted by atomic mass is 16.4. The summed E-state index contributed by atoms with van der Waals surface area (Å²) in [6, 6.07) is 0.165. The molecule has 4 heteroatoms. The normalized spacial score (nSPS) is 29.4. The second-order valence-electron chi connectivity index (χ2n) is 5.40. The fourth-order valence-corrected chi connectivity index (χ4v) is 2.39. The van der Waals surface area contributed by atoms with E-state index in [0.717, 1.165) is 12.8 Å². The minimum Gasteiger partial charge on any atom is -0.478 e. The Kier molecular flexibility index (Phi) is 4.93. The Hall–Kier alpha value is -1.32. The monoisotopic (exact) mass is 253 g/mol. The molecule has 0 radical (unpaired) electrons. The molecule has 1 aliphatic carbocycles. The van der Waals surface area contributed by atoms with Crippen molar-refractivity contribution in [2.45, 2.75) is 53.0 Å². The maximum Gasteiger partial charge on any atom is 0.331 e. The Balaban J connectivity index is 2.70. The second kappa shape index (κ2) is 6.03. The van der Waals surface area contributed by atoms with Crippen molar-refractivity contribution >= 4 is 11.9 Å². The summed E-state index contributed by atoms with van der Waals surface area (Å²) in [6.45, 7) is 7.38. The zero-order chi connectivity index (χ0) is 13.9. The molecule has 0 aromatic heterocycles. The molecule has 0 spiro atoms. The molecule has 3 unspecified atom stereocenters. The van der Waals surface area contributed by atoms with Crippen LogP contribution in [0, 0.1) is 11.8 Å². The van der Waals surface area contributed by atoms with Crippen molar-refractivity contribution < 1.29 is 14.7 Å². The molecule has 18 heavy (non-hydrogen) atoms. The average molecular weight is 253 g/mol. The van der Waals surface area contributed by atoms with Crippen LogP contribution in [0.4, 0.5) is 0 Å². The van der Waals surface area contributed by atoms with Gasteiger partial charge in [0.05, 0.1) is 0 Å². The van der Waals surface area contributed by atoms with Gasteiger partial charge in [-0.1, -0.05) is 26.7 Å². The molecule has 1 saturated carbocycles. The van der Waals surface area contributed by atoms with Gasteiger partial charge in [0.2, 0.25) is 5.91 Å². The van der Waals surface area contributed by atoms with Gasteiger partial charge >= 0.3 is 5.97 Å². The molecule has 4 nitrogen and oxygen atoms in total. The number of carboxylic acids is 1. The summed E-state index contributed by atoms with van der Waals surface area (Å²) in [5.41, 5.74) is 0.414. The number of carbonyl (C=O) groups is 2. The maximum atomic E-state index is 12.0. The van der Waals surface area contributed by atoms with E-state index in [2.05, 4.69) is 19.2 Å². The quantitative estimate of drug-likeness (QED) is 0.759. The molecule has 102 valence electrons. The standard InChI is InChI=1S/C14H23NO3/c1-8-6-5-7-12(9(8)2)15-13(16)10(3)11(4)14(17)18/h8-9,12H,5-7H2,1-4H3,(H,15,16)(H,17,18). The van der Waals surface area contributed by atoms with Gasteiger partial charge in [0.15, 0.2) is 0 Å². The van der Waals surface area contributed by atoms with E-state index >= 15 is 0 Å². The minimum absolute atomic E-state index is 0.115. The number of amides is 1. The van der Waals surface area contributed by atoms with Crippen LogP contribution in [-0.4, -0.2) is 23.0 Å². The van der Waals surface area contributed by atoms with Crippen molar-refractivity contribution in [2.24, 2.45) is 11.8 Å². The summed E-state index contributed by atoms with van der Waals surface area (Å²) in [5.74, 6) is -0.233. The van der Waals surface area contributed by atoms with Gasteiger partial charge in [-0.15, -0.1) is 0 Å². The lowest BCUT2D eigenvalue weighted by Gasteiger charge is -2.34. The average Bonchev–Trinajstić information content (AvgIpc) is 2.32. The van der Waals surface area contributed by atoms with Crippen molar-refractivity contribution in [2.75, 3.05) is 0 Å². The fraction of sp³-hybridized carbons (Fsp3) is 0.714. The van der Waals surface area contributed by atoms with Gasteiger partial charge in [0.25, 0.3) is 0 Å². The van der Waals surface area contributed by atoms with Gasteiger partial charge in [-0.3, -0.25) is 4.79 Å².